The second-order valence-corrected chi connectivity index (χ2v) is 7.15. The van der Waals surface area contributed by atoms with Crippen LogP contribution in [0.15, 0.2) is 70.0 Å². The van der Waals surface area contributed by atoms with Gasteiger partial charge in [0.25, 0.3) is 10.0 Å². The van der Waals surface area contributed by atoms with Crippen LogP contribution in [0, 0.1) is 6.92 Å². The number of benzene rings is 2. The summed E-state index contributed by atoms with van der Waals surface area (Å²) in [5.41, 5.74) is 2.10. The summed E-state index contributed by atoms with van der Waals surface area (Å²) in [5.74, 6) is -0.978. The van der Waals surface area contributed by atoms with Gasteiger partial charge in [0.1, 0.15) is 5.76 Å². The van der Waals surface area contributed by atoms with Crippen molar-refractivity contribution in [3.05, 3.63) is 72.0 Å². The van der Waals surface area contributed by atoms with E-state index in [2.05, 4.69) is 4.72 Å². The van der Waals surface area contributed by atoms with Gasteiger partial charge in [0.05, 0.1) is 4.90 Å². The minimum absolute atomic E-state index is 0.0989. The molecule has 0 bridgehead atoms. The number of anilines is 1. The molecule has 0 spiro atoms. The average Bonchev–Trinajstić information content (AvgIpc) is 3.07. The van der Waals surface area contributed by atoms with Crippen molar-refractivity contribution in [1.29, 1.82) is 0 Å². The van der Waals surface area contributed by atoms with Gasteiger partial charge >= 0.3 is 5.97 Å². The van der Waals surface area contributed by atoms with E-state index in [9.17, 15) is 13.2 Å². The second kappa shape index (κ2) is 6.45. The fourth-order valence-corrected chi connectivity index (χ4v) is 3.30. The molecule has 0 aliphatic carbocycles. The highest BCUT2D eigenvalue weighted by atomic mass is 32.2. The first-order chi connectivity index (χ1) is 11.8. The molecule has 0 unspecified atom stereocenters. The van der Waals surface area contributed by atoms with E-state index in [1.807, 2.05) is 19.1 Å². The van der Waals surface area contributed by atoms with Crippen LogP contribution in [-0.4, -0.2) is 19.5 Å². The molecule has 25 heavy (non-hydrogen) atoms. The smallest absolute Gasteiger partial charge is 0.371 e. The monoisotopic (exact) mass is 357 g/mol. The van der Waals surface area contributed by atoms with Gasteiger partial charge in [-0.05, 0) is 55.5 Å². The topological polar surface area (TPSA) is 96.6 Å². The van der Waals surface area contributed by atoms with Crippen LogP contribution in [0.1, 0.15) is 16.1 Å². The van der Waals surface area contributed by atoms with Crippen LogP contribution in [0.5, 0.6) is 0 Å². The Morgan fingerprint density at radius 2 is 1.60 bits per heavy atom. The Bertz CT molecular complexity index is 1000. The normalized spacial score (nSPS) is 11.2. The lowest BCUT2D eigenvalue weighted by atomic mass is 10.2. The van der Waals surface area contributed by atoms with E-state index in [0.29, 0.717) is 17.0 Å². The van der Waals surface area contributed by atoms with Gasteiger partial charge in [-0.1, -0.05) is 17.7 Å². The molecule has 7 heteroatoms. The van der Waals surface area contributed by atoms with Gasteiger partial charge in [0.2, 0.25) is 5.76 Å². The maximum atomic E-state index is 12.4. The molecule has 2 aromatic carbocycles. The van der Waals surface area contributed by atoms with Crippen molar-refractivity contribution >= 4 is 21.7 Å². The number of carboxylic acids is 1. The zero-order valence-electron chi connectivity index (χ0n) is 13.3. The Kier molecular flexibility index (Phi) is 4.33. The van der Waals surface area contributed by atoms with Crippen molar-refractivity contribution in [2.24, 2.45) is 0 Å². The van der Waals surface area contributed by atoms with E-state index in [0.717, 1.165) is 5.56 Å². The lowest BCUT2D eigenvalue weighted by molar-refractivity contribution is 0.0663. The lowest BCUT2D eigenvalue weighted by Crippen LogP contribution is -2.12. The van der Waals surface area contributed by atoms with Crippen molar-refractivity contribution in [3.63, 3.8) is 0 Å². The fourth-order valence-electron chi connectivity index (χ4n) is 2.24. The SMILES string of the molecule is Cc1ccc(NS(=O)(=O)c2ccc(-c3ccc(C(=O)O)o3)cc2)cc1. The van der Waals surface area contributed by atoms with Crippen LogP contribution in [0.2, 0.25) is 0 Å². The highest BCUT2D eigenvalue weighted by Crippen LogP contribution is 2.24. The van der Waals surface area contributed by atoms with Gasteiger partial charge in [-0.3, -0.25) is 4.72 Å². The lowest BCUT2D eigenvalue weighted by Gasteiger charge is -2.08. The van der Waals surface area contributed by atoms with Crippen LogP contribution >= 0.6 is 0 Å². The van der Waals surface area contributed by atoms with Crippen molar-refractivity contribution in [2.75, 3.05) is 4.72 Å². The summed E-state index contributed by atoms with van der Waals surface area (Å²) in [6.45, 7) is 1.92. The maximum absolute atomic E-state index is 12.4. The first-order valence-corrected chi connectivity index (χ1v) is 8.86. The summed E-state index contributed by atoms with van der Waals surface area (Å²) in [6, 6.07) is 15.9. The number of aromatic carboxylic acids is 1. The Morgan fingerprint density at radius 1 is 0.960 bits per heavy atom. The van der Waals surface area contributed by atoms with Crippen molar-refractivity contribution in [3.8, 4) is 11.3 Å². The van der Waals surface area contributed by atoms with Crippen LogP contribution < -0.4 is 4.72 Å². The zero-order valence-corrected chi connectivity index (χ0v) is 14.1. The Morgan fingerprint density at radius 3 is 2.16 bits per heavy atom. The number of carbonyl (C=O) groups is 1. The summed E-state index contributed by atoms with van der Waals surface area (Å²) >= 11 is 0. The third-order valence-corrected chi connectivity index (χ3v) is 4.97. The fraction of sp³-hybridized carbons (Fsp3) is 0.0556. The molecule has 0 radical (unpaired) electrons. The van der Waals surface area contributed by atoms with Gasteiger partial charge in [-0.15, -0.1) is 0 Å². The molecule has 0 amide bonds. The minimum Gasteiger partial charge on any atom is -0.475 e. The molecule has 3 rings (SSSR count). The van der Waals surface area contributed by atoms with E-state index < -0.39 is 16.0 Å². The van der Waals surface area contributed by atoms with Crippen LogP contribution in [-0.2, 0) is 10.0 Å². The third-order valence-electron chi connectivity index (χ3n) is 3.57. The summed E-state index contributed by atoms with van der Waals surface area (Å²) in [7, 11) is -3.71. The summed E-state index contributed by atoms with van der Waals surface area (Å²) in [6.07, 6.45) is 0. The summed E-state index contributed by atoms with van der Waals surface area (Å²) in [4.78, 5) is 10.9. The number of hydrogen-bond acceptors (Lipinski definition) is 4. The number of hydrogen-bond donors (Lipinski definition) is 2. The van der Waals surface area contributed by atoms with E-state index >= 15 is 0 Å². The number of sulfonamides is 1. The van der Waals surface area contributed by atoms with Crippen LogP contribution in [0.25, 0.3) is 11.3 Å². The number of carboxylic acid groups (broad SMARTS) is 1. The first-order valence-electron chi connectivity index (χ1n) is 7.38. The predicted molar refractivity (Wildman–Crippen MR) is 93.1 cm³/mol. The summed E-state index contributed by atoms with van der Waals surface area (Å²) in [5, 5.41) is 8.87. The third kappa shape index (κ3) is 3.72. The average molecular weight is 357 g/mol. The molecule has 2 N–H and O–H groups in total. The number of furan rings is 1. The second-order valence-electron chi connectivity index (χ2n) is 5.46. The van der Waals surface area contributed by atoms with Crippen molar-refractivity contribution in [2.45, 2.75) is 11.8 Å². The molecule has 6 nitrogen and oxygen atoms in total. The highest BCUT2D eigenvalue weighted by Gasteiger charge is 2.15. The minimum atomic E-state index is -3.71. The number of nitrogens with one attached hydrogen (secondary N) is 1. The Hall–Kier alpha value is -3.06. The molecule has 1 aromatic heterocycles. The van der Waals surface area contributed by atoms with Crippen LogP contribution in [0.4, 0.5) is 5.69 Å². The van der Waals surface area contributed by atoms with Crippen LogP contribution in [0.3, 0.4) is 0 Å². The standard InChI is InChI=1S/C18H15NO5S/c1-12-2-6-14(7-3-12)19-25(22,23)15-8-4-13(5-9-15)16-10-11-17(24-16)18(20)21/h2-11,19H,1H3,(H,20,21). The molecular weight excluding hydrogens is 342 g/mol. The van der Waals surface area contributed by atoms with E-state index in [4.69, 9.17) is 9.52 Å². The maximum Gasteiger partial charge on any atom is 0.371 e. The van der Waals surface area contributed by atoms with Gasteiger partial charge in [0, 0.05) is 11.3 Å². The van der Waals surface area contributed by atoms with Gasteiger partial charge < -0.3 is 9.52 Å². The molecule has 1 heterocycles. The number of rotatable bonds is 5. The van der Waals surface area contributed by atoms with Gasteiger partial charge in [-0.25, -0.2) is 13.2 Å². The predicted octanol–water partition coefficient (Wildman–Crippen LogP) is 3.75. The van der Waals surface area contributed by atoms with E-state index in [1.54, 1.807) is 24.3 Å². The van der Waals surface area contributed by atoms with E-state index in [1.165, 1.54) is 24.3 Å². The molecule has 0 aliphatic heterocycles. The molecule has 128 valence electrons. The molecular formula is C18H15NO5S. The molecule has 0 atom stereocenters. The van der Waals surface area contributed by atoms with Crippen molar-refractivity contribution in [1.82, 2.24) is 0 Å². The van der Waals surface area contributed by atoms with Gasteiger partial charge in [-0.2, -0.15) is 0 Å². The largest absolute Gasteiger partial charge is 0.475 e. The molecule has 0 saturated carbocycles. The number of aryl methyl sites for hydroxylation is 1. The Labute approximate surface area is 144 Å². The van der Waals surface area contributed by atoms with E-state index in [-0.39, 0.29) is 10.7 Å². The van der Waals surface area contributed by atoms with Crippen molar-refractivity contribution < 1.29 is 22.7 Å². The molecule has 3 aromatic rings. The molecule has 0 saturated heterocycles. The Balaban J connectivity index is 1.83. The first kappa shape index (κ1) is 16.8. The quantitative estimate of drug-likeness (QED) is 0.725. The van der Waals surface area contributed by atoms with Gasteiger partial charge in [0.15, 0.2) is 0 Å². The molecule has 0 aliphatic rings. The summed E-state index contributed by atoms with van der Waals surface area (Å²) < 4.78 is 32.5. The highest BCUT2D eigenvalue weighted by molar-refractivity contribution is 7.92. The molecule has 0 fully saturated rings. The zero-order chi connectivity index (χ0) is 18.0.